The summed E-state index contributed by atoms with van der Waals surface area (Å²) < 4.78 is 1.81. The van der Waals surface area contributed by atoms with Gasteiger partial charge in [0.2, 0.25) is 0 Å². The number of rotatable bonds is 1. The standard InChI is InChI=1S/BrHN2O/c1-2-3-4/h(H,2,4). The van der Waals surface area contributed by atoms with Crippen LogP contribution in [-0.4, -0.2) is 0 Å². The quantitative estimate of drug-likeness (QED) is 0.316. The summed E-state index contributed by atoms with van der Waals surface area (Å²) in [6, 6.07) is 0. The molecule has 0 aliphatic heterocycles. The molecule has 0 aliphatic rings. The SMILES string of the molecule is O=NNBr. The minimum absolute atomic E-state index is 1.81. The largest absolute Gasteiger partial charge is 0.207 e. The molecule has 4 heavy (non-hydrogen) atoms. The number of halogens is 1. The first kappa shape index (κ1) is 3.88. The zero-order valence-electron chi connectivity index (χ0n) is 1.73. The van der Waals surface area contributed by atoms with Crippen LogP contribution in [0.3, 0.4) is 0 Å². The molecule has 0 aromatic rings. The maximum absolute atomic E-state index is 8.77. The molecule has 0 saturated heterocycles. The fourth-order valence-electron chi connectivity index (χ4n) is 0. The maximum Gasteiger partial charge on any atom is 0.0684 e. The van der Waals surface area contributed by atoms with Gasteiger partial charge in [-0.2, -0.15) is 0 Å². The first-order valence-electron chi connectivity index (χ1n) is 0.595. The first-order chi connectivity index (χ1) is 1.91. The van der Waals surface area contributed by atoms with Crippen molar-refractivity contribution >= 4 is 16.1 Å². The Morgan fingerprint density at radius 1 is 2.00 bits per heavy atom. The van der Waals surface area contributed by atoms with Crippen molar-refractivity contribution in [3.05, 3.63) is 4.91 Å². The van der Waals surface area contributed by atoms with Gasteiger partial charge in [0, 0.05) is 0 Å². The third-order valence-electron chi connectivity index (χ3n) is 0.0345. The van der Waals surface area contributed by atoms with E-state index in [1.807, 2.05) is 4.45 Å². The highest BCUT2D eigenvalue weighted by atomic mass is 79.9. The van der Waals surface area contributed by atoms with E-state index >= 15 is 0 Å². The number of nitrogens with zero attached hydrogens (tertiary/aromatic N) is 1. The Morgan fingerprint density at radius 2 is 2.25 bits per heavy atom. The van der Waals surface area contributed by atoms with Gasteiger partial charge in [-0.05, 0) is 0 Å². The van der Waals surface area contributed by atoms with Crippen LogP contribution in [0, 0.1) is 4.91 Å². The minimum Gasteiger partial charge on any atom is -0.207 e. The number of hydrogen-bond acceptors (Lipinski definition) is 2. The van der Waals surface area contributed by atoms with Crippen LogP contribution in [0.2, 0.25) is 0 Å². The molecular weight excluding hydrogens is 124 g/mol. The van der Waals surface area contributed by atoms with E-state index in [2.05, 4.69) is 21.4 Å². The van der Waals surface area contributed by atoms with Crippen molar-refractivity contribution in [2.75, 3.05) is 0 Å². The highest BCUT2D eigenvalue weighted by Crippen LogP contribution is 1.58. The van der Waals surface area contributed by atoms with Gasteiger partial charge in [0.1, 0.15) is 0 Å². The average Bonchev–Trinajstić information content (AvgIpc) is 1.37. The smallest absolute Gasteiger partial charge is 0.0684 e. The number of nitroso groups, excluding NO2 is 1. The van der Waals surface area contributed by atoms with E-state index in [1.165, 1.54) is 0 Å². The molecule has 3 nitrogen and oxygen atoms in total. The second-order valence-electron chi connectivity index (χ2n) is 0.176. The molecule has 0 aliphatic carbocycles. The van der Waals surface area contributed by atoms with E-state index < -0.39 is 0 Å². The summed E-state index contributed by atoms with van der Waals surface area (Å²) in [5.41, 5.74) is 0. The predicted molar refractivity (Wildman–Crippen MR) is 17.9 cm³/mol. The molecule has 0 rings (SSSR count). The molecule has 0 aromatic carbocycles. The number of hydrogen-bond donors (Lipinski definition) is 1. The summed E-state index contributed by atoms with van der Waals surface area (Å²) >= 11 is 2.52. The molecule has 0 saturated carbocycles. The Bertz CT molecular complexity index is 20.0. The second-order valence-corrected chi connectivity index (χ2v) is 0.530. The molecule has 0 spiro atoms. The lowest BCUT2D eigenvalue weighted by Gasteiger charge is -1.58. The van der Waals surface area contributed by atoms with Gasteiger partial charge in [0.25, 0.3) is 0 Å². The summed E-state index contributed by atoms with van der Waals surface area (Å²) in [5, 5.41) is 2.15. The Kier molecular flexibility index (Phi) is 2.79. The third-order valence-corrected chi connectivity index (χ3v) is 0.179. The van der Waals surface area contributed by atoms with Crippen LogP contribution < -0.4 is 4.45 Å². The summed E-state index contributed by atoms with van der Waals surface area (Å²) in [5.74, 6) is 0. The highest BCUT2D eigenvalue weighted by Gasteiger charge is 1.45. The van der Waals surface area contributed by atoms with E-state index in [9.17, 15) is 0 Å². The van der Waals surface area contributed by atoms with Crippen LogP contribution in [0.1, 0.15) is 0 Å². The van der Waals surface area contributed by atoms with Gasteiger partial charge in [-0.3, -0.25) is 0 Å². The van der Waals surface area contributed by atoms with Crippen molar-refractivity contribution in [1.82, 2.24) is 4.45 Å². The zero-order valence-corrected chi connectivity index (χ0v) is 3.32. The van der Waals surface area contributed by atoms with E-state index in [-0.39, 0.29) is 0 Å². The second kappa shape index (κ2) is 2.88. The fraction of sp³-hybridized carbons (Fsp3) is 0. The van der Waals surface area contributed by atoms with Crippen LogP contribution in [0.5, 0.6) is 0 Å². The van der Waals surface area contributed by atoms with Gasteiger partial charge in [0.05, 0.1) is 21.4 Å². The Hall–Kier alpha value is -0.120. The van der Waals surface area contributed by atoms with E-state index in [4.69, 9.17) is 4.91 Å². The molecule has 0 heterocycles. The Morgan fingerprint density at radius 3 is 2.25 bits per heavy atom. The van der Waals surface area contributed by atoms with Crippen molar-refractivity contribution < 1.29 is 0 Å². The average molecular weight is 125 g/mol. The van der Waals surface area contributed by atoms with Gasteiger partial charge in [-0.1, -0.05) is 0 Å². The summed E-state index contributed by atoms with van der Waals surface area (Å²) in [6.07, 6.45) is 0. The maximum atomic E-state index is 8.77. The predicted octanol–water partition coefficient (Wildman–Crippen LogP) is 0.567. The molecule has 0 fully saturated rings. The van der Waals surface area contributed by atoms with Gasteiger partial charge in [0.15, 0.2) is 0 Å². The van der Waals surface area contributed by atoms with Crippen LogP contribution in [0.15, 0.2) is 5.29 Å². The minimum atomic E-state index is 1.81. The molecule has 0 unspecified atom stereocenters. The molecule has 0 aromatic heterocycles. The molecule has 0 amide bonds. The molecule has 0 radical (unpaired) electrons. The Labute approximate surface area is 31.7 Å². The topological polar surface area (TPSA) is 41.5 Å². The molecular formula is HBrN2O. The van der Waals surface area contributed by atoms with Crippen molar-refractivity contribution in [2.45, 2.75) is 0 Å². The summed E-state index contributed by atoms with van der Waals surface area (Å²) in [7, 11) is 0. The highest BCUT2D eigenvalue weighted by molar-refractivity contribution is 9.08. The third kappa shape index (κ3) is 1.88. The first-order valence-corrected chi connectivity index (χ1v) is 1.39. The lowest BCUT2D eigenvalue weighted by atomic mass is 12.9. The molecule has 0 bridgehead atoms. The van der Waals surface area contributed by atoms with Gasteiger partial charge < -0.3 is 0 Å². The zero-order chi connectivity index (χ0) is 3.41. The normalized spacial score (nSPS) is 5.25. The number of nitrogens with one attached hydrogen (secondary N) is 1. The molecule has 4 heteroatoms. The lowest BCUT2D eigenvalue weighted by molar-refractivity contribution is 1.12. The van der Waals surface area contributed by atoms with Crippen molar-refractivity contribution in [3.63, 3.8) is 0 Å². The molecule has 24 valence electrons. The Balaban J connectivity index is 2.30. The van der Waals surface area contributed by atoms with Gasteiger partial charge in [-0.25, -0.2) is 4.45 Å². The van der Waals surface area contributed by atoms with E-state index in [0.29, 0.717) is 0 Å². The van der Waals surface area contributed by atoms with Crippen molar-refractivity contribution in [2.24, 2.45) is 5.29 Å². The van der Waals surface area contributed by atoms with E-state index in [1.54, 1.807) is 0 Å². The van der Waals surface area contributed by atoms with Gasteiger partial charge in [-0.15, -0.1) is 4.91 Å². The van der Waals surface area contributed by atoms with E-state index in [0.717, 1.165) is 0 Å². The molecule has 1 N–H and O–H groups in total. The summed E-state index contributed by atoms with van der Waals surface area (Å²) in [6.45, 7) is 0. The van der Waals surface area contributed by atoms with Crippen molar-refractivity contribution in [1.29, 1.82) is 0 Å². The van der Waals surface area contributed by atoms with Crippen LogP contribution >= 0.6 is 16.1 Å². The van der Waals surface area contributed by atoms with Crippen molar-refractivity contribution in [3.8, 4) is 0 Å². The lowest BCUT2D eigenvalue weighted by Crippen LogP contribution is -1.72. The monoisotopic (exact) mass is 124 g/mol. The van der Waals surface area contributed by atoms with Crippen LogP contribution in [0.4, 0.5) is 0 Å². The summed E-state index contributed by atoms with van der Waals surface area (Å²) in [4.78, 5) is 8.77. The molecule has 0 atom stereocenters. The fourth-order valence-corrected chi connectivity index (χ4v) is 0. The van der Waals surface area contributed by atoms with Crippen LogP contribution in [0.25, 0.3) is 0 Å². The van der Waals surface area contributed by atoms with Crippen LogP contribution in [-0.2, 0) is 0 Å². The van der Waals surface area contributed by atoms with Gasteiger partial charge >= 0.3 is 0 Å².